The number of nitrogens with zero attached hydrogens (tertiary/aromatic N) is 1. The first-order valence-corrected chi connectivity index (χ1v) is 7.24. The van der Waals surface area contributed by atoms with Crippen LogP contribution in [-0.4, -0.2) is 4.98 Å². The number of nitrogens with one attached hydrogen (secondary N) is 1. The first-order valence-electron chi connectivity index (χ1n) is 6.44. The highest BCUT2D eigenvalue weighted by atomic mass is 79.9. The van der Waals surface area contributed by atoms with E-state index in [1.807, 2.05) is 24.3 Å². The predicted octanol–water partition coefficient (Wildman–Crippen LogP) is 5.04. The fourth-order valence-electron chi connectivity index (χ4n) is 1.87. The molecule has 0 aliphatic heterocycles. The zero-order valence-corrected chi connectivity index (χ0v) is 12.9. The van der Waals surface area contributed by atoms with Crippen LogP contribution in [0, 0.1) is 0 Å². The molecule has 1 aromatic heterocycles. The molecule has 1 heterocycles. The molecule has 0 atom stereocenters. The molecule has 0 amide bonds. The van der Waals surface area contributed by atoms with Crippen molar-refractivity contribution >= 4 is 21.7 Å². The largest absolute Gasteiger partial charge is 0.419 e. The zero-order valence-electron chi connectivity index (χ0n) is 11.3. The molecule has 112 valence electrons. The summed E-state index contributed by atoms with van der Waals surface area (Å²) in [5.41, 5.74) is 1.32. The first-order chi connectivity index (χ1) is 9.90. The summed E-state index contributed by atoms with van der Waals surface area (Å²) in [5, 5.41) is 2.75. The van der Waals surface area contributed by atoms with Crippen molar-refractivity contribution in [2.24, 2.45) is 0 Å². The molecule has 2 nitrogen and oxygen atoms in total. The van der Waals surface area contributed by atoms with E-state index in [9.17, 15) is 13.2 Å². The molecular weight excluding hydrogens is 345 g/mol. The Balaban J connectivity index is 2.15. The van der Waals surface area contributed by atoms with Crippen molar-refractivity contribution in [3.63, 3.8) is 0 Å². The summed E-state index contributed by atoms with van der Waals surface area (Å²) in [4.78, 5) is 3.82. The quantitative estimate of drug-likeness (QED) is 0.828. The Morgan fingerprint density at radius 2 is 1.76 bits per heavy atom. The molecule has 6 heteroatoms. The van der Waals surface area contributed by atoms with E-state index in [1.54, 1.807) is 0 Å². The molecule has 1 aromatic carbocycles. The Kier molecular flexibility index (Phi) is 4.88. The summed E-state index contributed by atoms with van der Waals surface area (Å²) in [5.74, 6) is -0.162. The van der Waals surface area contributed by atoms with E-state index in [1.165, 1.54) is 11.8 Å². The van der Waals surface area contributed by atoms with Crippen LogP contribution in [0.2, 0.25) is 0 Å². The molecule has 2 aromatic rings. The number of aryl methyl sites for hydroxylation is 1. The molecule has 0 spiro atoms. The second kappa shape index (κ2) is 6.47. The number of alkyl halides is 3. The van der Waals surface area contributed by atoms with Crippen LogP contribution in [0.5, 0.6) is 0 Å². The maximum Gasteiger partial charge on any atom is 0.419 e. The van der Waals surface area contributed by atoms with Gasteiger partial charge in [-0.25, -0.2) is 4.98 Å². The fraction of sp³-hybridized carbons (Fsp3) is 0.267. The monoisotopic (exact) mass is 358 g/mol. The number of halogens is 4. The Morgan fingerprint density at radius 1 is 1.14 bits per heavy atom. The number of aromatic nitrogens is 1. The molecule has 0 aliphatic rings. The molecule has 21 heavy (non-hydrogen) atoms. The van der Waals surface area contributed by atoms with E-state index < -0.39 is 11.7 Å². The number of hydrogen-bond acceptors (Lipinski definition) is 2. The number of pyridine rings is 1. The minimum atomic E-state index is -4.44. The van der Waals surface area contributed by atoms with Crippen LogP contribution in [0.3, 0.4) is 0 Å². The first kappa shape index (κ1) is 15.8. The van der Waals surface area contributed by atoms with Gasteiger partial charge in [0.1, 0.15) is 5.82 Å². The highest BCUT2D eigenvalue weighted by molar-refractivity contribution is 9.10. The Hall–Kier alpha value is -1.56. The zero-order chi connectivity index (χ0) is 15.5. The number of hydrogen-bond donors (Lipinski definition) is 1. The van der Waals surface area contributed by atoms with E-state index >= 15 is 0 Å². The van der Waals surface area contributed by atoms with Crippen LogP contribution >= 0.6 is 15.9 Å². The summed E-state index contributed by atoms with van der Waals surface area (Å²) in [6.07, 6.45) is -2.16. The molecule has 0 fully saturated rings. The molecule has 0 saturated carbocycles. The third kappa shape index (κ3) is 4.20. The van der Waals surface area contributed by atoms with Gasteiger partial charge in [0.15, 0.2) is 0 Å². The van der Waals surface area contributed by atoms with Crippen LogP contribution in [0.4, 0.5) is 19.0 Å². The number of benzene rings is 1. The lowest BCUT2D eigenvalue weighted by molar-refractivity contribution is -0.137. The van der Waals surface area contributed by atoms with Crippen molar-refractivity contribution in [1.82, 2.24) is 4.98 Å². The lowest BCUT2D eigenvalue weighted by atomic mass is 10.1. The molecule has 0 radical (unpaired) electrons. The Labute approximate surface area is 129 Å². The van der Waals surface area contributed by atoms with Crippen LogP contribution in [0.1, 0.15) is 23.6 Å². The summed E-state index contributed by atoms with van der Waals surface area (Å²) in [6, 6.07) is 8.76. The van der Waals surface area contributed by atoms with E-state index in [4.69, 9.17) is 0 Å². The molecule has 2 rings (SSSR count). The fourth-order valence-corrected chi connectivity index (χ4v) is 2.21. The lowest BCUT2D eigenvalue weighted by Crippen LogP contribution is -2.12. The minimum absolute atomic E-state index is 0.162. The maximum atomic E-state index is 13.0. The van der Waals surface area contributed by atoms with Gasteiger partial charge in [0, 0.05) is 17.2 Å². The summed E-state index contributed by atoms with van der Waals surface area (Å²) >= 11 is 3.01. The van der Waals surface area contributed by atoms with Crippen molar-refractivity contribution < 1.29 is 13.2 Å². The minimum Gasteiger partial charge on any atom is -0.365 e. The van der Waals surface area contributed by atoms with Crippen molar-refractivity contribution in [3.8, 4) is 0 Å². The van der Waals surface area contributed by atoms with E-state index in [-0.39, 0.29) is 5.82 Å². The smallest absolute Gasteiger partial charge is 0.365 e. The van der Waals surface area contributed by atoms with Gasteiger partial charge in [-0.05, 0) is 39.5 Å². The van der Waals surface area contributed by atoms with Crippen molar-refractivity contribution in [2.75, 3.05) is 5.32 Å². The van der Waals surface area contributed by atoms with Crippen molar-refractivity contribution in [3.05, 3.63) is 57.7 Å². The standard InChI is InChI=1S/C15H14BrF3N2/c1-2-10-3-5-11(6-4-10)8-20-14-13(15(17,18)19)7-12(16)9-21-14/h3-7,9H,2,8H2,1H3,(H,20,21). The van der Waals surface area contributed by atoms with E-state index in [0.29, 0.717) is 11.0 Å². The third-order valence-electron chi connectivity index (χ3n) is 3.05. The Bertz CT molecular complexity index is 609. The highest BCUT2D eigenvalue weighted by Crippen LogP contribution is 2.35. The SMILES string of the molecule is CCc1ccc(CNc2ncc(Br)cc2C(F)(F)F)cc1. The summed E-state index contributed by atoms with van der Waals surface area (Å²) in [6.45, 7) is 2.34. The lowest BCUT2D eigenvalue weighted by Gasteiger charge is -2.14. The van der Waals surface area contributed by atoms with E-state index in [0.717, 1.165) is 18.1 Å². The van der Waals surface area contributed by atoms with Gasteiger partial charge in [-0.15, -0.1) is 0 Å². The van der Waals surface area contributed by atoms with E-state index in [2.05, 4.69) is 33.2 Å². The van der Waals surface area contributed by atoms with Gasteiger partial charge in [0.25, 0.3) is 0 Å². The van der Waals surface area contributed by atoms with Gasteiger partial charge in [-0.2, -0.15) is 13.2 Å². The number of rotatable bonds is 4. The van der Waals surface area contributed by atoms with Crippen LogP contribution in [-0.2, 0) is 19.1 Å². The maximum absolute atomic E-state index is 13.0. The van der Waals surface area contributed by atoms with Crippen molar-refractivity contribution in [1.29, 1.82) is 0 Å². The second-order valence-electron chi connectivity index (χ2n) is 4.57. The average molecular weight is 359 g/mol. The number of anilines is 1. The molecule has 0 saturated heterocycles. The topological polar surface area (TPSA) is 24.9 Å². The average Bonchev–Trinajstić information content (AvgIpc) is 2.45. The normalized spacial score (nSPS) is 11.5. The van der Waals surface area contributed by atoms with Gasteiger partial charge in [-0.3, -0.25) is 0 Å². The summed E-state index contributed by atoms with van der Waals surface area (Å²) < 4.78 is 39.2. The summed E-state index contributed by atoms with van der Waals surface area (Å²) in [7, 11) is 0. The van der Waals surface area contributed by atoms with Crippen LogP contribution in [0.25, 0.3) is 0 Å². The molecule has 0 unspecified atom stereocenters. The molecule has 0 bridgehead atoms. The van der Waals surface area contributed by atoms with Gasteiger partial charge in [0.05, 0.1) is 5.56 Å². The van der Waals surface area contributed by atoms with Crippen LogP contribution in [0.15, 0.2) is 41.0 Å². The van der Waals surface area contributed by atoms with Gasteiger partial charge in [-0.1, -0.05) is 31.2 Å². The predicted molar refractivity (Wildman–Crippen MR) is 80.1 cm³/mol. The molecule has 1 N–H and O–H groups in total. The third-order valence-corrected chi connectivity index (χ3v) is 3.48. The van der Waals surface area contributed by atoms with Crippen LogP contribution < -0.4 is 5.32 Å². The van der Waals surface area contributed by atoms with Gasteiger partial charge >= 0.3 is 6.18 Å². The van der Waals surface area contributed by atoms with Gasteiger partial charge < -0.3 is 5.32 Å². The van der Waals surface area contributed by atoms with Crippen molar-refractivity contribution in [2.45, 2.75) is 26.1 Å². The molecule has 0 aliphatic carbocycles. The Morgan fingerprint density at radius 3 is 2.33 bits per heavy atom. The van der Waals surface area contributed by atoms with Gasteiger partial charge in [0.2, 0.25) is 0 Å². The second-order valence-corrected chi connectivity index (χ2v) is 5.49. The molecular formula is C15H14BrF3N2. The highest BCUT2D eigenvalue weighted by Gasteiger charge is 2.34.